The van der Waals surface area contributed by atoms with Gasteiger partial charge in [0.25, 0.3) is 5.91 Å². The highest BCUT2D eigenvalue weighted by atomic mass is 32.2. The van der Waals surface area contributed by atoms with Crippen molar-refractivity contribution in [2.75, 3.05) is 12.3 Å². The SMILES string of the molecule is CCS(=O)(=O)NCc1ccc(C(=O)NCC(C(=O)O)c2ccccc2)cc1. The number of carbonyl (C=O) groups excluding carboxylic acids is 1. The molecule has 0 aliphatic rings. The van der Waals surface area contributed by atoms with Crippen LogP contribution in [0.3, 0.4) is 0 Å². The number of rotatable bonds is 9. The average molecular weight is 390 g/mol. The van der Waals surface area contributed by atoms with E-state index >= 15 is 0 Å². The molecule has 0 bridgehead atoms. The highest BCUT2D eigenvalue weighted by Gasteiger charge is 2.20. The number of benzene rings is 2. The lowest BCUT2D eigenvalue weighted by molar-refractivity contribution is -0.138. The van der Waals surface area contributed by atoms with Gasteiger partial charge in [-0.25, -0.2) is 13.1 Å². The number of aliphatic carboxylic acids is 1. The summed E-state index contributed by atoms with van der Waals surface area (Å²) >= 11 is 0. The van der Waals surface area contributed by atoms with Gasteiger partial charge in [-0.15, -0.1) is 0 Å². The molecular formula is C19H22N2O5S. The van der Waals surface area contributed by atoms with Crippen LogP contribution in [-0.2, 0) is 21.4 Å². The molecule has 0 spiro atoms. The first kappa shape index (κ1) is 20.6. The van der Waals surface area contributed by atoms with E-state index < -0.39 is 27.8 Å². The number of amides is 1. The van der Waals surface area contributed by atoms with Crippen LogP contribution in [0.4, 0.5) is 0 Å². The van der Waals surface area contributed by atoms with Crippen LogP contribution in [0, 0.1) is 0 Å². The summed E-state index contributed by atoms with van der Waals surface area (Å²) < 4.78 is 25.3. The van der Waals surface area contributed by atoms with E-state index in [1.54, 1.807) is 61.5 Å². The van der Waals surface area contributed by atoms with Gasteiger partial charge in [0.1, 0.15) is 0 Å². The van der Waals surface area contributed by atoms with Gasteiger partial charge in [0.15, 0.2) is 0 Å². The molecule has 0 aliphatic carbocycles. The Labute approximate surface area is 158 Å². The highest BCUT2D eigenvalue weighted by molar-refractivity contribution is 7.89. The van der Waals surface area contributed by atoms with E-state index in [-0.39, 0.29) is 18.8 Å². The van der Waals surface area contributed by atoms with Gasteiger partial charge in [-0.3, -0.25) is 9.59 Å². The smallest absolute Gasteiger partial charge is 0.312 e. The summed E-state index contributed by atoms with van der Waals surface area (Å²) in [5.41, 5.74) is 1.70. The maximum atomic E-state index is 12.3. The fraction of sp³-hybridized carbons (Fsp3) is 0.263. The number of nitrogens with one attached hydrogen (secondary N) is 2. The van der Waals surface area contributed by atoms with Crippen molar-refractivity contribution < 1.29 is 23.1 Å². The first-order chi connectivity index (χ1) is 12.8. The van der Waals surface area contributed by atoms with Crippen LogP contribution >= 0.6 is 0 Å². The summed E-state index contributed by atoms with van der Waals surface area (Å²) in [5, 5.41) is 12.0. The maximum absolute atomic E-state index is 12.3. The molecular weight excluding hydrogens is 368 g/mol. The predicted molar refractivity (Wildman–Crippen MR) is 102 cm³/mol. The molecule has 3 N–H and O–H groups in total. The molecule has 144 valence electrons. The lowest BCUT2D eigenvalue weighted by Crippen LogP contribution is -2.31. The van der Waals surface area contributed by atoms with Gasteiger partial charge in [-0.2, -0.15) is 0 Å². The molecule has 0 saturated carbocycles. The van der Waals surface area contributed by atoms with Crippen molar-refractivity contribution in [3.63, 3.8) is 0 Å². The van der Waals surface area contributed by atoms with E-state index in [4.69, 9.17) is 0 Å². The molecule has 27 heavy (non-hydrogen) atoms. The van der Waals surface area contributed by atoms with Crippen molar-refractivity contribution in [3.8, 4) is 0 Å². The Bertz CT molecular complexity index is 880. The molecule has 2 aromatic rings. The topological polar surface area (TPSA) is 113 Å². The summed E-state index contributed by atoms with van der Waals surface area (Å²) in [6.07, 6.45) is 0. The van der Waals surface area contributed by atoms with Crippen LogP contribution in [0.5, 0.6) is 0 Å². The molecule has 1 amide bonds. The van der Waals surface area contributed by atoms with Crippen molar-refractivity contribution in [2.24, 2.45) is 0 Å². The van der Waals surface area contributed by atoms with Gasteiger partial charge in [0.2, 0.25) is 10.0 Å². The summed E-state index contributed by atoms with van der Waals surface area (Å²) in [5.74, 6) is -2.24. The van der Waals surface area contributed by atoms with Crippen LogP contribution in [0.25, 0.3) is 0 Å². The van der Waals surface area contributed by atoms with E-state index in [0.29, 0.717) is 11.1 Å². The van der Waals surface area contributed by atoms with Crippen LogP contribution in [-0.4, -0.2) is 37.7 Å². The van der Waals surface area contributed by atoms with Gasteiger partial charge >= 0.3 is 5.97 Å². The van der Waals surface area contributed by atoms with E-state index in [1.165, 1.54) is 0 Å². The minimum Gasteiger partial charge on any atom is -0.481 e. The fourth-order valence-electron chi connectivity index (χ4n) is 2.40. The van der Waals surface area contributed by atoms with Crippen LogP contribution in [0.1, 0.15) is 34.3 Å². The molecule has 1 unspecified atom stereocenters. The highest BCUT2D eigenvalue weighted by Crippen LogP contribution is 2.15. The quantitative estimate of drug-likeness (QED) is 0.603. The second-order valence-corrected chi connectivity index (χ2v) is 8.03. The molecule has 8 heteroatoms. The number of carboxylic acids is 1. The van der Waals surface area contributed by atoms with Gasteiger partial charge in [-0.05, 0) is 30.2 Å². The number of sulfonamides is 1. The zero-order chi connectivity index (χ0) is 19.9. The third kappa shape index (κ3) is 6.19. The lowest BCUT2D eigenvalue weighted by Gasteiger charge is -2.14. The Kier molecular flexibility index (Phi) is 7.09. The van der Waals surface area contributed by atoms with Gasteiger partial charge in [0.05, 0.1) is 11.7 Å². The van der Waals surface area contributed by atoms with E-state index in [9.17, 15) is 23.1 Å². The number of hydrogen-bond donors (Lipinski definition) is 3. The maximum Gasteiger partial charge on any atom is 0.312 e. The third-order valence-electron chi connectivity index (χ3n) is 4.06. The van der Waals surface area contributed by atoms with Crippen LogP contribution < -0.4 is 10.0 Å². The molecule has 0 aromatic heterocycles. The molecule has 7 nitrogen and oxygen atoms in total. The van der Waals surface area contributed by atoms with Crippen LogP contribution in [0.15, 0.2) is 54.6 Å². The zero-order valence-electron chi connectivity index (χ0n) is 14.9. The van der Waals surface area contributed by atoms with E-state index in [1.807, 2.05) is 0 Å². The molecule has 0 saturated heterocycles. The van der Waals surface area contributed by atoms with Crippen LogP contribution in [0.2, 0.25) is 0 Å². The average Bonchev–Trinajstić information content (AvgIpc) is 2.67. The Morgan fingerprint density at radius 3 is 2.22 bits per heavy atom. The predicted octanol–water partition coefficient (Wildman–Crippen LogP) is 1.72. The van der Waals surface area contributed by atoms with Crippen molar-refractivity contribution in [1.82, 2.24) is 10.0 Å². The van der Waals surface area contributed by atoms with Crippen molar-refractivity contribution in [2.45, 2.75) is 19.4 Å². The zero-order valence-corrected chi connectivity index (χ0v) is 15.7. The Morgan fingerprint density at radius 2 is 1.67 bits per heavy atom. The minimum absolute atomic E-state index is 0.000349. The Hall–Kier alpha value is -2.71. The van der Waals surface area contributed by atoms with Crippen molar-refractivity contribution in [1.29, 1.82) is 0 Å². The summed E-state index contributed by atoms with van der Waals surface area (Å²) in [7, 11) is -3.28. The van der Waals surface area contributed by atoms with E-state index in [0.717, 1.165) is 5.56 Å². The molecule has 0 fully saturated rings. The lowest BCUT2D eigenvalue weighted by atomic mass is 9.99. The summed E-state index contributed by atoms with van der Waals surface area (Å²) in [6.45, 7) is 1.67. The third-order valence-corrected chi connectivity index (χ3v) is 5.40. The summed E-state index contributed by atoms with van der Waals surface area (Å²) in [6, 6.07) is 15.2. The second-order valence-electron chi connectivity index (χ2n) is 5.93. The number of carbonyl (C=O) groups is 2. The molecule has 1 atom stereocenters. The molecule has 0 heterocycles. The number of carboxylic acid groups (broad SMARTS) is 1. The molecule has 0 radical (unpaired) electrons. The Morgan fingerprint density at radius 1 is 1.04 bits per heavy atom. The summed E-state index contributed by atoms with van der Waals surface area (Å²) in [4.78, 5) is 23.7. The molecule has 2 aromatic carbocycles. The number of hydrogen-bond acceptors (Lipinski definition) is 4. The first-order valence-electron chi connectivity index (χ1n) is 8.44. The Balaban J connectivity index is 1.96. The van der Waals surface area contributed by atoms with Gasteiger partial charge in [0, 0.05) is 18.7 Å². The molecule has 0 aliphatic heterocycles. The minimum atomic E-state index is -3.28. The van der Waals surface area contributed by atoms with Gasteiger partial charge in [-0.1, -0.05) is 42.5 Å². The monoisotopic (exact) mass is 390 g/mol. The molecule has 2 rings (SSSR count). The van der Waals surface area contributed by atoms with Gasteiger partial charge < -0.3 is 10.4 Å². The first-order valence-corrected chi connectivity index (χ1v) is 10.1. The standard InChI is InChI=1S/C19H22N2O5S/c1-2-27(25,26)21-12-14-8-10-16(11-9-14)18(22)20-13-17(19(23)24)15-6-4-3-5-7-15/h3-11,17,21H,2,12-13H2,1H3,(H,20,22)(H,23,24). The van der Waals surface area contributed by atoms with Crippen molar-refractivity contribution >= 4 is 21.9 Å². The normalized spacial score (nSPS) is 12.3. The van der Waals surface area contributed by atoms with Crippen molar-refractivity contribution in [3.05, 3.63) is 71.3 Å². The largest absolute Gasteiger partial charge is 0.481 e. The fourth-order valence-corrected chi connectivity index (χ4v) is 2.99. The van der Waals surface area contributed by atoms with E-state index in [2.05, 4.69) is 10.0 Å². The second kappa shape index (κ2) is 9.29.